The van der Waals surface area contributed by atoms with Crippen LogP contribution in [0.5, 0.6) is 5.75 Å². The second-order valence-electron chi connectivity index (χ2n) is 8.50. The number of ether oxygens (including phenoxy) is 1. The Hall–Kier alpha value is -4.84. The molecule has 11 nitrogen and oxygen atoms in total. The number of anilines is 2. The lowest BCUT2D eigenvalue weighted by Crippen LogP contribution is -2.54. The highest BCUT2D eigenvalue weighted by Crippen LogP contribution is 2.29. The summed E-state index contributed by atoms with van der Waals surface area (Å²) >= 11 is 3.34. The number of halogens is 1. The number of urea groups is 1. The van der Waals surface area contributed by atoms with Crippen molar-refractivity contribution in [1.29, 1.82) is 0 Å². The second-order valence-corrected chi connectivity index (χ2v) is 9.41. The molecule has 3 aromatic rings. The van der Waals surface area contributed by atoms with Crippen LogP contribution >= 0.6 is 15.9 Å². The average Bonchev–Trinajstić information content (AvgIpc) is 2.89. The zero-order valence-electron chi connectivity index (χ0n) is 20.7. The van der Waals surface area contributed by atoms with Crippen molar-refractivity contribution < 1.29 is 28.8 Å². The van der Waals surface area contributed by atoms with Crippen molar-refractivity contribution in [1.82, 2.24) is 5.32 Å². The third-order valence-electron chi connectivity index (χ3n) is 5.93. The van der Waals surface area contributed by atoms with Crippen LogP contribution in [0.1, 0.15) is 16.7 Å². The molecule has 5 amide bonds. The Kier molecular flexibility index (Phi) is 7.86. The topological polar surface area (TPSA) is 148 Å². The lowest BCUT2D eigenvalue weighted by Gasteiger charge is -2.26. The molecule has 0 unspecified atom stereocenters. The first kappa shape index (κ1) is 27.2. The molecule has 1 heterocycles. The zero-order chi connectivity index (χ0) is 28.3. The molecule has 4 rings (SSSR count). The lowest BCUT2D eigenvalue weighted by molar-refractivity contribution is -0.384. The molecule has 39 heavy (non-hydrogen) atoms. The van der Waals surface area contributed by atoms with Gasteiger partial charge in [0.15, 0.2) is 6.61 Å². The minimum absolute atomic E-state index is 0.0373. The van der Waals surface area contributed by atoms with E-state index in [9.17, 15) is 29.3 Å². The van der Waals surface area contributed by atoms with E-state index < -0.39 is 28.7 Å². The van der Waals surface area contributed by atoms with Gasteiger partial charge in [-0.15, -0.1) is 0 Å². The standard InChI is InChI=1S/C27H21BrN4O7/c1-15-4-3-5-22(16(15)2)29-24(33)14-39-23-11-6-18(28)12-17(23)13-21-25(34)30-27(36)31(26(21)35)19-7-9-20(10-8-19)32(37)38/h3-13H,14H2,1-2H3,(H,29,33)(H,30,34,36)/b21-13-. The number of barbiturate groups is 1. The van der Waals surface area contributed by atoms with E-state index in [2.05, 4.69) is 26.6 Å². The van der Waals surface area contributed by atoms with Gasteiger partial charge in [-0.25, -0.2) is 9.69 Å². The summed E-state index contributed by atoms with van der Waals surface area (Å²) in [5.41, 5.74) is 2.32. The molecular formula is C27H21BrN4O7. The minimum Gasteiger partial charge on any atom is -0.483 e. The maximum atomic E-state index is 13.2. The number of non-ortho nitro benzene ring substituents is 1. The first-order chi connectivity index (χ1) is 18.5. The highest BCUT2D eigenvalue weighted by Gasteiger charge is 2.37. The number of rotatable bonds is 7. The molecule has 0 spiro atoms. The van der Waals surface area contributed by atoms with E-state index >= 15 is 0 Å². The molecule has 0 saturated carbocycles. The van der Waals surface area contributed by atoms with Crippen LogP contribution in [-0.4, -0.2) is 35.3 Å². The molecule has 0 bridgehead atoms. The Morgan fingerprint density at radius 2 is 1.82 bits per heavy atom. The smallest absolute Gasteiger partial charge is 0.335 e. The average molecular weight is 593 g/mol. The van der Waals surface area contributed by atoms with Gasteiger partial charge in [-0.3, -0.25) is 29.8 Å². The summed E-state index contributed by atoms with van der Waals surface area (Å²) in [6.45, 7) is 3.47. The van der Waals surface area contributed by atoms with Crippen molar-refractivity contribution in [2.75, 3.05) is 16.8 Å². The van der Waals surface area contributed by atoms with Crippen molar-refractivity contribution in [2.45, 2.75) is 13.8 Å². The fraction of sp³-hybridized carbons (Fsp3) is 0.111. The van der Waals surface area contributed by atoms with Crippen molar-refractivity contribution in [2.24, 2.45) is 0 Å². The molecule has 3 aromatic carbocycles. The third-order valence-corrected chi connectivity index (χ3v) is 6.42. The number of amides is 5. The normalized spacial score (nSPS) is 14.3. The largest absolute Gasteiger partial charge is 0.483 e. The van der Waals surface area contributed by atoms with Gasteiger partial charge in [-0.05, 0) is 67.4 Å². The van der Waals surface area contributed by atoms with Crippen LogP contribution in [0.25, 0.3) is 6.08 Å². The molecule has 12 heteroatoms. The summed E-state index contributed by atoms with van der Waals surface area (Å²) in [4.78, 5) is 61.9. The minimum atomic E-state index is -0.996. The number of hydrogen-bond donors (Lipinski definition) is 2. The van der Waals surface area contributed by atoms with E-state index in [0.29, 0.717) is 20.6 Å². The van der Waals surface area contributed by atoms with Crippen LogP contribution in [0, 0.1) is 24.0 Å². The number of nitrogens with one attached hydrogen (secondary N) is 2. The van der Waals surface area contributed by atoms with Gasteiger partial charge in [-0.1, -0.05) is 28.1 Å². The maximum Gasteiger partial charge on any atom is 0.335 e. The van der Waals surface area contributed by atoms with Gasteiger partial charge < -0.3 is 10.1 Å². The molecule has 0 aliphatic carbocycles. The summed E-state index contributed by atoms with van der Waals surface area (Å²) < 4.78 is 6.32. The molecule has 0 atom stereocenters. The number of aryl methyl sites for hydroxylation is 1. The van der Waals surface area contributed by atoms with Crippen LogP contribution < -0.4 is 20.3 Å². The SMILES string of the molecule is Cc1cccc(NC(=O)COc2ccc(Br)cc2/C=C2/C(=O)NC(=O)N(c3ccc([N+](=O)[O-])cc3)C2=O)c1C. The summed E-state index contributed by atoms with van der Waals surface area (Å²) in [5.74, 6) is -2.06. The number of hydrogen-bond acceptors (Lipinski definition) is 7. The van der Waals surface area contributed by atoms with Crippen molar-refractivity contribution in [3.8, 4) is 5.75 Å². The van der Waals surface area contributed by atoms with Gasteiger partial charge in [0.05, 0.1) is 10.6 Å². The van der Waals surface area contributed by atoms with Gasteiger partial charge in [0.1, 0.15) is 11.3 Å². The maximum absolute atomic E-state index is 13.2. The Labute approximate surface area is 230 Å². The van der Waals surface area contributed by atoms with E-state index in [-0.39, 0.29) is 29.3 Å². The molecule has 0 aromatic heterocycles. The molecule has 1 aliphatic heterocycles. The van der Waals surface area contributed by atoms with Crippen LogP contribution in [0.2, 0.25) is 0 Å². The summed E-state index contributed by atoms with van der Waals surface area (Å²) in [7, 11) is 0. The highest BCUT2D eigenvalue weighted by molar-refractivity contribution is 9.10. The Balaban J connectivity index is 1.58. The number of carbonyl (C=O) groups excluding carboxylic acids is 4. The number of imide groups is 2. The summed E-state index contributed by atoms with van der Waals surface area (Å²) in [6, 6.07) is 14.1. The first-order valence-electron chi connectivity index (χ1n) is 11.5. The predicted octanol–water partition coefficient (Wildman–Crippen LogP) is 4.66. The van der Waals surface area contributed by atoms with E-state index in [1.807, 2.05) is 26.0 Å². The summed E-state index contributed by atoms with van der Waals surface area (Å²) in [6.07, 6.45) is 1.24. The van der Waals surface area contributed by atoms with Crippen molar-refractivity contribution in [3.63, 3.8) is 0 Å². The van der Waals surface area contributed by atoms with Crippen molar-refractivity contribution >= 4 is 62.8 Å². The van der Waals surface area contributed by atoms with E-state index in [1.165, 1.54) is 18.2 Å². The van der Waals surface area contributed by atoms with Gasteiger partial charge >= 0.3 is 6.03 Å². The van der Waals surface area contributed by atoms with E-state index in [4.69, 9.17) is 4.74 Å². The number of nitrogens with zero attached hydrogens (tertiary/aromatic N) is 2. The molecular weight excluding hydrogens is 572 g/mol. The molecule has 0 radical (unpaired) electrons. The molecule has 198 valence electrons. The van der Waals surface area contributed by atoms with Crippen molar-refractivity contribution in [3.05, 3.63) is 97.5 Å². The Morgan fingerprint density at radius 3 is 2.51 bits per heavy atom. The lowest BCUT2D eigenvalue weighted by atomic mass is 10.1. The zero-order valence-corrected chi connectivity index (χ0v) is 22.3. The van der Waals surface area contributed by atoms with Crippen LogP contribution in [0.3, 0.4) is 0 Å². The van der Waals surface area contributed by atoms with Crippen LogP contribution in [0.15, 0.2) is 70.7 Å². The number of benzene rings is 3. The Morgan fingerprint density at radius 1 is 1.10 bits per heavy atom. The highest BCUT2D eigenvalue weighted by atomic mass is 79.9. The second kappa shape index (κ2) is 11.3. The van der Waals surface area contributed by atoms with E-state index in [0.717, 1.165) is 23.3 Å². The monoisotopic (exact) mass is 592 g/mol. The first-order valence-corrected chi connectivity index (χ1v) is 12.3. The molecule has 1 fully saturated rings. The fourth-order valence-corrected chi connectivity index (χ4v) is 4.13. The van der Waals surface area contributed by atoms with Gasteiger partial charge in [0.2, 0.25) is 0 Å². The predicted molar refractivity (Wildman–Crippen MR) is 146 cm³/mol. The van der Waals surface area contributed by atoms with Gasteiger partial charge in [0, 0.05) is 27.9 Å². The van der Waals surface area contributed by atoms with Gasteiger partial charge in [-0.2, -0.15) is 0 Å². The fourth-order valence-electron chi connectivity index (χ4n) is 3.75. The Bertz CT molecular complexity index is 1550. The third kappa shape index (κ3) is 6.02. The van der Waals surface area contributed by atoms with Crippen LogP contribution in [0.4, 0.5) is 21.9 Å². The molecule has 1 saturated heterocycles. The van der Waals surface area contributed by atoms with Gasteiger partial charge in [0.25, 0.3) is 23.4 Å². The van der Waals surface area contributed by atoms with E-state index in [1.54, 1.807) is 24.3 Å². The number of nitro groups is 1. The number of nitro benzene ring substituents is 1. The number of carbonyl (C=O) groups is 4. The molecule has 2 N–H and O–H groups in total. The summed E-state index contributed by atoms with van der Waals surface area (Å²) in [5, 5.41) is 15.8. The quantitative estimate of drug-likeness (QED) is 0.175. The molecule has 1 aliphatic rings. The van der Waals surface area contributed by atoms with Crippen LogP contribution in [-0.2, 0) is 14.4 Å².